The van der Waals surface area contributed by atoms with Gasteiger partial charge in [0.05, 0.1) is 12.0 Å². The summed E-state index contributed by atoms with van der Waals surface area (Å²) in [5.41, 5.74) is 1.99. The van der Waals surface area contributed by atoms with Gasteiger partial charge in [0.1, 0.15) is 0 Å². The lowest BCUT2D eigenvalue weighted by molar-refractivity contribution is -0.136. The van der Waals surface area contributed by atoms with Gasteiger partial charge in [-0.2, -0.15) is 0 Å². The Kier molecular flexibility index (Phi) is 5.61. The van der Waals surface area contributed by atoms with Gasteiger partial charge in [-0.05, 0) is 36.6 Å². The van der Waals surface area contributed by atoms with E-state index in [0.717, 1.165) is 16.1 Å². The summed E-state index contributed by atoms with van der Waals surface area (Å²) in [5.74, 6) is 0.363. The molecular formula is C24H25N5O2S. The maximum Gasteiger partial charge on any atom is 0.228 e. The molecule has 2 fully saturated rings. The molecule has 2 aliphatic rings. The van der Waals surface area contributed by atoms with E-state index < -0.39 is 0 Å². The maximum atomic E-state index is 13.6. The van der Waals surface area contributed by atoms with Gasteiger partial charge in [0.15, 0.2) is 0 Å². The summed E-state index contributed by atoms with van der Waals surface area (Å²) in [7, 11) is 0. The number of aromatic nitrogens is 2. The van der Waals surface area contributed by atoms with Gasteiger partial charge in [-0.25, -0.2) is 9.97 Å². The molecule has 2 unspecified atom stereocenters. The van der Waals surface area contributed by atoms with Crippen LogP contribution in [0.3, 0.4) is 0 Å². The number of nitrogens with zero attached hydrogens (tertiary/aromatic N) is 5. The third kappa shape index (κ3) is 3.86. The summed E-state index contributed by atoms with van der Waals surface area (Å²) >= 11 is 1.60. The van der Waals surface area contributed by atoms with Crippen LogP contribution in [0.5, 0.6) is 0 Å². The van der Waals surface area contributed by atoms with Crippen molar-refractivity contribution in [3.63, 3.8) is 0 Å². The number of hydrogen-bond acceptors (Lipinski definition) is 6. The summed E-state index contributed by atoms with van der Waals surface area (Å²) in [4.78, 5) is 42.3. The minimum absolute atomic E-state index is 0.00178. The fourth-order valence-electron chi connectivity index (χ4n) is 4.57. The largest absolute Gasteiger partial charge is 0.339 e. The molecule has 2 saturated heterocycles. The molecule has 3 aromatic rings. The Morgan fingerprint density at radius 3 is 2.38 bits per heavy atom. The average molecular weight is 448 g/mol. The van der Waals surface area contributed by atoms with Crippen molar-refractivity contribution in [2.75, 3.05) is 36.0 Å². The molecule has 1 aromatic carbocycles. The van der Waals surface area contributed by atoms with Gasteiger partial charge in [0.25, 0.3) is 0 Å². The van der Waals surface area contributed by atoms with E-state index in [1.165, 1.54) is 0 Å². The van der Waals surface area contributed by atoms with Crippen molar-refractivity contribution >= 4 is 34.8 Å². The molecule has 2 aromatic heterocycles. The van der Waals surface area contributed by atoms with E-state index >= 15 is 0 Å². The average Bonchev–Trinajstić information content (AvgIpc) is 3.48. The molecule has 2 amide bonds. The van der Waals surface area contributed by atoms with E-state index in [2.05, 4.69) is 14.9 Å². The van der Waals surface area contributed by atoms with Gasteiger partial charge < -0.3 is 14.7 Å². The number of carbonyl (C=O) groups excluding carboxylic acids is 2. The van der Waals surface area contributed by atoms with Gasteiger partial charge in [-0.15, -0.1) is 11.3 Å². The minimum Gasteiger partial charge on any atom is -0.339 e. The molecule has 7 nitrogen and oxygen atoms in total. The highest BCUT2D eigenvalue weighted by atomic mass is 32.1. The van der Waals surface area contributed by atoms with Gasteiger partial charge >= 0.3 is 0 Å². The monoisotopic (exact) mass is 447 g/mol. The molecule has 2 aliphatic heterocycles. The molecule has 164 valence electrons. The number of amides is 2. The Balaban J connectivity index is 1.37. The summed E-state index contributed by atoms with van der Waals surface area (Å²) < 4.78 is 0. The Morgan fingerprint density at radius 1 is 1.00 bits per heavy atom. The van der Waals surface area contributed by atoms with Crippen LogP contribution in [0.1, 0.15) is 22.9 Å². The van der Waals surface area contributed by atoms with Gasteiger partial charge in [0.2, 0.25) is 17.8 Å². The normalized spacial score (nSPS) is 21.3. The number of hydrogen-bond donors (Lipinski definition) is 0. The zero-order chi connectivity index (χ0) is 22.1. The molecule has 8 heteroatoms. The molecular weight excluding hydrogens is 422 g/mol. The highest BCUT2D eigenvalue weighted by Gasteiger charge is 2.47. The highest BCUT2D eigenvalue weighted by Crippen LogP contribution is 2.43. The van der Waals surface area contributed by atoms with Crippen LogP contribution in [0.15, 0.2) is 60.2 Å². The highest BCUT2D eigenvalue weighted by molar-refractivity contribution is 7.10. The number of carbonyl (C=O) groups is 2. The smallest absolute Gasteiger partial charge is 0.228 e. The lowest BCUT2D eigenvalue weighted by Gasteiger charge is -2.37. The predicted octanol–water partition coefficient (Wildman–Crippen LogP) is 3.29. The van der Waals surface area contributed by atoms with Crippen molar-refractivity contribution < 1.29 is 9.59 Å². The number of anilines is 2. The van der Waals surface area contributed by atoms with E-state index in [0.29, 0.717) is 32.1 Å². The first-order chi connectivity index (χ1) is 15.6. The second kappa shape index (κ2) is 8.70. The molecule has 0 N–H and O–H groups in total. The maximum absolute atomic E-state index is 13.6. The SMILES string of the molecule is Cc1ccc(N2C(=O)CC(C(=O)N3CCN(c4ncccn4)CC3)C2c2cccs2)cc1. The van der Waals surface area contributed by atoms with Crippen LogP contribution in [-0.2, 0) is 9.59 Å². The molecule has 32 heavy (non-hydrogen) atoms. The third-order valence-electron chi connectivity index (χ3n) is 6.21. The Hall–Kier alpha value is -3.26. The summed E-state index contributed by atoms with van der Waals surface area (Å²) in [5, 5.41) is 2.01. The lowest BCUT2D eigenvalue weighted by Crippen LogP contribution is -2.51. The molecule has 5 rings (SSSR count). The number of piperazine rings is 1. The molecule has 0 bridgehead atoms. The Labute approximate surface area is 191 Å². The Bertz CT molecular complexity index is 1080. The van der Waals surface area contributed by atoms with Gasteiger partial charge in [-0.3, -0.25) is 9.59 Å². The zero-order valence-electron chi connectivity index (χ0n) is 17.9. The molecule has 0 saturated carbocycles. The number of thiophene rings is 1. The first-order valence-electron chi connectivity index (χ1n) is 10.8. The fourth-order valence-corrected chi connectivity index (χ4v) is 5.45. The third-order valence-corrected chi connectivity index (χ3v) is 7.16. The van der Waals surface area contributed by atoms with Crippen molar-refractivity contribution in [1.82, 2.24) is 14.9 Å². The number of rotatable bonds is 4. The van der Waals surface area contributed by atoms with Crippen molar-refractivity contribution in [2.24, 2.45) is 5.92 Å². The fraction of sp³-hybridized carbons (Fsp3) is 0.333. The standard InChI is InChI=1S/C24H25N5O2S/c1-17-5-7-18(8-6-17)29-21(30)16-19(22(29)20-4-2-15-32-20)23(31)27-11-13-28(14-12-27)24-25-9-3-10-26-24/h2-10,15,19,22H,11-14,16H2,1H3. The van der Waals surface area contributed by atoms with Crippen LogP contribution in [0, 0.1) is 12.8 Å². The van der Waals surface area contributed by atoms with Crippen molar-refractivity contribution in [3.05, 3.63) is 70.7 Å². The van der Waals surface area contributed by atoms with Crippen molar-refractivity contribution in [1.29, 1.82) is 0 Å². The first-order valence-corrected chi connectivity index (χ1v) is 11.7. The van der Waals surface area contributed by atoms with E-state index in [1.54, 1.807) is 29.8 Å². The predicted molar refractivity (Wildman–Crippen MR) is 125 cm³/mol. The van der Waals surface area contributed by atoms with E-state index in [9.17, 15) is 9.59 Å². The van der Waals surface area contributed by atoms with E-state index in [-0.39, 0.29) is 30.2 Å². The second-order valence-corrected chi connectivity index (χ2v) is 9.21. The number of aryl methyl sites for hydroxylation is 1. The summed E-state index contributed by atoms with van der Waals surface area (Å²) in [6, 6.07) is 13.5. The molecule has 2 atom stereocenters. The second-order valence-electron chi connectivity index (χ2n) is 8.23. The van der Waals surface area contributed by atoms with E-state index in [1.807, 2.05) is 58.5 Å². The minimum atomic E-state index is -0.387. The first kappa shape index (κ1) is 20.6. The van der Waals surface area contributed by atoms with Crippen LogP contribution in [0.4, 0.5) is 11.6 Å². The van der Waals surface area contributed by atoms with Gasteiger partial charge in [0, 0.05) is 55.6 Å². The zero-order valence-corrected chi connectivity index (χ0v) is 18.7. The lowest BCUT2D eigenvalue weighted by atomic mass is 9.96. The number of benzene rings is 1. The topological polar surface area (TPSA) is 69.6 Å². The summed E-state index contributed by atoms with van der Waals surface area (Å²) in [6.07, 6.45) is 3.70. The van der Waals surface area contributed by atoms with Crippen LogP contribution < -0.4 is 9.80 Å². The molecule has 0 aliphatic carbocycles. The van der Waals surface area contributed by atoms with Crippen LogP contribution in [0.25, 0.3) is 0 Å². The van der Waals surface area contributed by atoms with Crippen LogP contribution in [-0.4, -0.2) is 52.9 Å². The van der Waals surface area contributed by atoms with Gasteiger partial charge in [-0.1, -0.05) is 23.8 Å². The summed E-state index contributed by atoms with van der Waals surface area (Å²) in [6.45, 7) is 4.59. The molecule has 0 radical (unpaired) electrons. The Morgan fingerprint density at radius 2 is 1.72 bits per heavy atom. The van der Waals surface area contributed by atoms with E-state index in [4.69, 9.17) is 0 Å². The molecule has 4 heterocycles. The van der Waals surface area contributed by atoms with Crippen molar-refractivity contribution in [3.8, 4) is 0 Å². The van der Waals surface area contributed by atoms with Crippen LogP contribution in [0.2, 0.25) is 0 Å². The van der Waals surface area contributed by atoms with Crippen LogP contribution >= 0.6 is 11.3 Å². The quantitative estimate of drug-likeness (QED) is 0.614. The van der Waals surface area contributed by atoms with Crippen molar-refractivity contribution in [2.45, 2.75) is 19.4 Å². The molecule has 0 spiro atoms.